The number of rotatable bonds is 2. The first-order valence-electron chi connectivity index (χ1n) is 5.29. The van der Waals surface area contributed by atoms with E-state index in [1.165, 1.54) is 24.8 Å². The fourth-order valence-electron chi connectivity index (χ4n) is 2.20. The molecule has 1 aliphatic carbocycles. The number of benzene rings is 1. The first kappa shape index (κ1) is 9.47. The van der Waals surface area contributed by atoms with Crippen LogP contribution in [0.25, 0.3) is 0 Å². The molecule has 0 saturated carbocycles. The Morgan fingerprint density at radius 3 is 2.57 bits per heavy atom. The van der Waals surface area contributed by atoms with Gasteiger partial charge in [0.25, 0.3) is 0 Å². The van der Waals surface area contributed by atoms with Crippen LogP contribution in [-0.2, 0) is 5.54 Å². The maximum absolute atomic E-state index is 3.45. The van der Waals surface area contributed by atoms with Gasteiger partial charge in [0.2, 0.25) is 0 Å². The van der Waals surface area contributed by atoms with Crippen molar-refractivity contribution >= 4 is 0 Å². The topological polar surface area (TPSA) is 12.0 Å². The SMILES string of the molecule is CNC1(c2ccccc2)C=CCCC1. The van der Waals surface area contributed by atoms with Gasteiger partial charge in [0.05, 0.1) is 5.54 Å². The Hall–Kier alpha value is -1.08. The second-order valence-electron chi connectivity index (χ2n) is 3.88. The highest BCUT2D eigenvalue weighted by molar-refractivity contribution is 5.30. The molecule has 74 valence electrons. The highest BCUT2D eigenvalue weighted by Crippen LogP contribution is 2.31. The van der Waals surface area contributed by atoms with E-state index >= 15 is 0 Å². The van der Waals surface area contributed by atoms with Crippen LogP contribution >= 0.6 is 0 Å². The molecular formula is C13H17N. The van der Waals surface area contributed by atoms with Crippen LogP contribution in [0.4, 0.5) is 0 Å². The van der Waals surface area contributed by atoms with Crippen LogP contribution in [0.3, 0.4) is 0 Å². The minimum atomic E-state index is 0.0828. The van der Waals surface area contributed by atoms with Crippen molar-refractivity contribution < 1.29 is 0 Å². The molecule has 1 atom stereocenters. The zero-order chi connectivity index (χ0) is 9.86. The summed E-state index contributed by atoms with van der Waals surface area (Å²) in [6.45, 7) is 0. The van der Waals surface area contributed by atoms with Gasteiger partial charge in [-0.2, -0.15) is 0 Å². The lowest BCUT2D eigenvalue weighted by Gasteiger charge is -2.33. The number of nitrogens with one attached hydrogen (secondary N) is 1. The predicted octanol–water partition coefficient (Wildman–Crippen LogP) is 2.84. The summed E-state index contributed by atoms with van der Waals surface area (Å²) in [5.41, 5.74) is 1.46. The zero-order valence-electron chi connectivity index (χ0n) is 8.66. The molecule has 1 aromatic rings. The van der Waals surface area contributed by atoms with Crippen molar-refractivity contribution in [2.24, 2.45) is 0 Å². The summed E-state index contributed by atoms with van der Waals surface area (Å²) >= 11 is 0. The Balaban J connectivity index is 2.37. The summed E-state index contributed by atoms with van der Waals surface area (Å²) in [5.74, 6) is 0. The monoisotopic (exact) mass is 187 g/mol. The number of hydrogen-bond acceptors (Lipinski definition) is 1. The average molecular weight is 187 g/mol. The summed E-state index contributed by atoms with van der Waals surface area (Å²) in [4.78, 5) is 0. The molecule has 0 fully saturated rings. The number of hydrogen-bond donors (Lipinski definition) is 1. The largest absolute Gasteiger partial charge is 0.307 e. The van der Waals surface area contributed by atoms with E-state index in [0.717, 1.165) is 0 Å². The van der Waals surface area contributed by atoms with E-state index in [0.29, 0.717) is 0 Å². The van der Waals surface area contributed by atoms with Gasteiger partial charge in [-0.1, -0.05) is 42.5 Å². The molecule has 14 heavy (non-hydrogen) atoms. The lowest BCUT2D eigenvalue weighted by molar-refractivity contribution is 0.394. The van der Waals surface area contributed by atoms with Gasteiger partial charge >= 0.3 is 0 Å². The Kier molecular flexibility index (Phi) is 2.69. The lowest BCUT2D eigenvalue weighted by atomic mass is 9.81. The summed E-state index contributed by atoms with van der Waals surface area (Å²) < 4.78 is 0. The third-order valence-corrected chi connectivity index (χ3v) is 3.08. The summed E-state index contributed by atoms with van der Waals surface area (Å²) in [6, 6.07) is 10.7. The van der Waals surface area contributed by atoms with E-state index in [9.17, 15) is 0 Å². The van der Waals surface area contributed by atoms with E-state index in [2.05, 4.69) is 47.8 Å². The first-order chi connectivity index (χ1) is 6.87. The Bertz CT molecular complexity index is 315. The van der Waals surface area contributed by atoms with Gasteiger partial charge in [0.1, 0.15) is 0 Å². The molecule has 0 spiro atoms. The molecule has 0 bridgehead atoms. The van der Waals surface area contributed by atoms with Gasteiger partial charge in [-0.25, -0.2) is 0 Å². The summed E-state index contributed by atoms with van der Waals surface area (Å²) in [6.07, 6.45) is 8.28. The van der Waals surface area contributed by atoms with E-state index in [4.69, 9.17) is 0 Å². The minimum Gasteiger partial charge on any atom is -0.307 e. The quantitative estimate of drug-likeness (QED) is 0.702. The molecule has 1 unspecified atom stereocenters. The van der Waals surface area contributed by atoms with Crippen LogP contribution in [0, 0.1) is 0 Å². The smallest absolute Gasteiger partial charge is 0.0618 e. The van der Waals surface area contributed by atoms with Crippen molar-refractivity contribution in [2.45, 2.75) is 24.8 Å². The molecule has 1 aromatic carbocycles. The Morgan fingerprint density at radius 1 is 1.21 bits per heavy atom. The van der Waals surface area contributed by atoms with Crippen molar-refractivity contribution in [1.82, 2.24) is 5.32 Å². The van der Waals surface area contributed by atoms with Crippen LogP contribution in [0.5, 0.6) is 0 Å². The van der Waals surface area contributed by atoms with Crippen LogP contribution in [0.1, 0.15) is 24.8 Å². The molecule has 0 heterocycles. The molecular weight excluding hydrogens is 170 g/mol. The van der Waals surface area contributed by atoms with Crippen LogP contribution in [-0.4, -0.2) is 7.05 Å². The number of likely N-dealkylation sites (N-methyl/N-ethyl adjacent to an activating group) is 1. The molecule has 1 N–H and O–H groups in total. The normalized spacial score (nSPS) is 26.4. The van der Waals surface area contributed by atoms with Crippen molar-refractivity contribution in [1.29, 1.82) is 0 Å². The van der Waals surface area contributed by atoms with Crippen LogP contribution in [0.2, 0.25) is 0 Å². The van der Waals surface area contributed by atoms with Crippen molar-refractivity contribution in [3.05, 3.63) is 48.0 Å². The van der Waals surface area contributed by atoms with Crippen molar-refractivity contribution in [3.63, 3.8) is 0 Å². The fourth-order valence-corrected chi connectivity index (χ4v) is 2.20. The molecule has 2 rings (SSSR count). The molecule has 0 amide bonds. The second kappa shape index (κ2) is 3.97. The summed E-state index contributed by atoms with van der Waals surface area (Å²) in [5, 5.41) is 3.45. The third-order valence-electron chi connectivity index (χ3n) is 3.08. The molecule has 1 heteroatoms. The van der Waals surface area contributed by atoms with Gasteiger partial charge in [-0.15, -0.1) is 0 Å². The van der Waals surface area contributed by atoms with Gasteiger partial charge < -0.3 is 5.32 Å². The second-order valence-corrected chi connectivity index (χ2v) is 3.88. The maximum Gasteiger partial charge on any atom is 0.0618 e. The Labute approximate surface area is 85.8 Å². The summed E-state index contributed by atoms with van der Waals surface area (Å²) in [7, 11) is 2.04. The molecule has 1 aliphatic rings. The van der Waals surface area contributed by atoms with Crippen LogP contribution < -0.4 is 5.32 Å². The molecule has 0 aliphatic heterocycles. The van der Waals surface area contributed by atoms with Crippen molar-refractivity contribution in [2.75, 3.05) is 7.05 Å². The van der Waals surface area contributed by atoms with Gasteiger partial charge in [-0.05, 0) is 31.9 Å². The minimum absolute atomic E-state index is 0.0828. The number of allylic oxidation sites excluding steroid dienone is 1. The highest BCUT2D eigenvalue weighted by Gasteiger charge is 2.27. The van der Waals surface area contributed by atoms with Crippen molar-refractivity contribution in [3.8, 4) is 0 Å². The van der Waals surface area contributed by atoms with E-state index in [1.807, 2.05) is 7.05 Å². The third kappa shape index (κ3) is 1.60. The van der Waals surface area contributed by atoms with E-state index in [1.54, 1.807) is 0 Å². The van der Waals surface area contributed by atoms with Gasteiger partial charge in [-0.3, -0.25) is 0 Å². The standard InChI is InChI=1S/C13H17N/c1-14-13(10-6-3-7-11-13)12-8-4-2-5-9-12/h2,4-6,8-10,14H,3,7,11H2,1H3. The molecule has 0 aromatic heterocycles. The zero-order valence-corrected chi connectivity index (χ0v) is 8.66. The van der Waals surface area contributed by atoms with Gasteiger partial charge in [0, 0.05) is 0 Å². The molecule has 0 radical (unpaired) electrons. The molecule has 1 nitrogen and oxygen atoms in total. The predicted molar refractivity (Wildman–Crippen MR) is 60.2 cm³/mol. The van der Waals surface area contributed by atoms with Gasteiger partial charge in [0.15, 0.2) is 0 Å². The maximum atomic E-state index is 3.45. The van der Waals surface area contributed by atoms with E-state index < -0.39 is 0 Å². The van der Waals surface area contributed by atoms with E-state index in [-0.39, 0.29) is 5.54 Å². The highest BCUT2D eigenvalue weighted by atomic mass is 14.9. The van der Waals surface area contributed by atoms with Crippen LogP contribution in [0.15, 0.2) is 42.5 Å². The lowest BCUT2D eigenvalue weighted by Crippen LogP contribution is -2.39. The first-order valence-corrected chi connectivity index (χ1v) is 5.29. The average Bonchev–Trinajstić information content (AvgIpc) is 2.31. The fraction of sp³-hybridized carbons (Fsp3) is 0.385. The molecule has 0 saturated heterocycles. The Morgan fingerprint density at radius 2 is 2.00 bits per heavy atom.